The highest BCUT2D eigenvalue weighted by Crippen LogP contribution is 2.38. The fourth-order valence-electron chi connectivity index (χ4n) is 5.27. The fraction of sp³-hybridized carbons (Fsp3) is 0.0571. The number of nitro benzene ring substituents is 1. The molecule has 9 nitrogen and oxygen atoms in total. The van der Waals surface area contributed by atoms with Crippen molar-refractivity contribution >= 4 is 35.3 Å². The van der Waals surface area contributed by atoms with Gasteiger partial charge in [0.25, 0.3) is 17.5 Å². The Hall–Kier alpha value is -6.09. The first-order valence-electron chi connectivity index (χ1n) is 14.0. The summed E-state index contributed by atoms with van der Waals surface area (Å²) in [7, 11) is 0. The Labute approximate surface area is 252 Å². The minimum atomic E-state index is -0.821. The van der Waals surface area contributed by atoms with E-state index in [0.29, 0.717) is 22.6 Å². The molecular formula is C35H26N4O5. The summed E-state index contributed by atoms with van der Waals surface area (Å²) in [6, 6.07) is 33.2. The molecule has 5 aromatic rings. The van der Waals surface area contributed by atoms with Crippen LogP contribution in [0, 0.1) is 10.1 Å². The third-order valence-electron chi connectivity index (χ3n) is 7.47. The van der Waals surface area contributed by atoms with Crippen LogP contribution in [0.25, 0.3) is 34.3 Å². The number of amides is 4. The molecule has 0 bridgehead atoms. The van der Waals surface area contributed by atoms with Crippen LogP contribution in [-0.4, -0.2) is 27.3 Å². The van der Waals surface area contributed by atoms with E-state index in [4.69, 9.17) is 0 Å². The van der Waals surface area contributed by atoms with Gasteiger partial charge in [-0.3, -0.25) is 25.0 Å². The Balaban J connectivity index is 1.57. The second-order valence-electron chi connectivity index (χ2n) is 10.2. The lowest BCUT2D eigenvalue weighted by Crippen LogP contribution is -2.54. The number of imide groups is 2. The van der Waals surface area contributed by atoms with E-state index in [1.54, 1.807) is 24.3 Å². The number of aromatic nitrogens is 1. The third kappa shape index (κ3) is 5.18. The number of barbiturate groups is 1. The summed E-state index contributed by atoms with van der Waals surface area (Å²) < 4.78 is 1.94. The number of carbonyl (C=O) groups excluding carboxylic acids is 3. The van der Waals surface area contributed by atoms with E-state index >= 15 is 0 Å². The lowest BCUT2D eigenvalue weighted by atomic mass is 10.0. The molecule has 1 aliphatic rings. The lowest BCUT2D eigenvalue weighted by molar-refractivity contribution is -0.384. The summed E-state index contributed by atoms with van der Waals surface area (Å²) in [6.07, 6.45) is 2.29. The maximum absolute atomic E-state index is 13.8. The number of aryl methyl sites for hydroxylation is 1. The predicted octanol–water partition coefficient (Wildman–Crippen LogP) is 6.95. The number of anilines is 1. The molecule has 0 atom stereocenters. The molecule has 0 unspecified atom stereocenters. The molecule has 2 heterocycles. The van der Waals surface area contributed by atoms with E-state index < -0.39 is 22.8 Å². The zero-order valence-electron chi connectivity index (χ0n) is 23.6. The van der Waals surface area contributed by atoms with Gasteiger partial charge in [-0.05, 0) is 59.5 Å². The Morgan fingerprint density at radius 2 is 1.36 bits per heavy atom. The van der Waals surface area contributed by atoms with Crippen molar-refractivity contribution in [3.8, 4) is 28.2 Å². The van der Waals surface area contributed by atoms with Gasteiger partial charge in [-0.15, -0.1) is 0 Å². The molecule has 6 rings (SSSR count). The summed E-state index contributed by atoms with van der Waals surface area (Å²) in [5.41, 5.74) is 5.34. The number of urea groups is 1. The number of nitro groups is 1. The number of non-ortho nitro benzene ring substituents is 1. The zero-order chi connectivity index (χ0) is 30.8. The highest BCUT2D eigenvalue weighted by atomic mass is 16.6. The molecule has 0 spiro atoms. The summed E-state index contributed by atoms with van der Waals surface area (Å²) in [6.45, 7) is 2.00. The average Bonchev–Trinajstić information content (AvgIpc) is 3.43. The summed E-state index contributed by atoms with van der Waals surface area (Å²) in [5, 5.41) is 13.7. The number of nitrogens with one attached hydrogen (secondary N) is 1. The van der Waals surface area contributed by atoms with Crippen molar-refractivity contribution in [1.82, 2.24) is 9.88 Å². The van der Waals surface area contributed by atoms with Crippen molar-refractivity contribution in [3.05, 3.63) is 142 Å². The van der Waals surface area contributed by atoms with E-state index in [1.807, 2.05) is 90.4 Å². The Morgan fingerprint density at radius 1 is 0.773 bits per heavy atom. The SMILES string of the molecule is CCc1ccc(N2C(=O)NC(=O)/C(=C\c3cc(-c4ccccc4)n(-c4ccc([N+](=O)[O-])cc4)c3-c3ccccc3)C2=O)cc1. The van der Waals surface area contributed by atoms with E-state index in [1.165, 1.54) is 18.2 Å². The minimum absolute atomic E-state index is 0.0491. The lowest BCUT2D eigenvalue weighted by Gasteiger charge is -2.26. The minimum Gasteiger partial charge on any atom is -0.309 e. The van der Waals surface area contributed by atoms with Crippen LogP contribution < -0.4 is 10.2 Å². The van der Waals surface area contributed by atoms with E-state index in [9.17, 15) is 24.5 Å². The molecule has 0 aliphatic carbocycles. The summed E-state index contributed by atoms with van der Waals surface area (Å²) in [5.74, 6) is -1.55. The van der Waals surface area contributed by atoms with Gasteiger partial charge in [-0.25, -0.2) is 9.69 Å². The smallest absolute Gasteiger partial charge is 0.309 e. The first-order valence-corrected chi connectivity index (χ1v) is 14.0. The molecule has 1 fully saturated rings. The molecule has 9 heteroatoms. The van der Waals surface area contributed by atoms with Crippen molar-refractivity contribution in [1.29, 1.82) is 0 Å². The standard InChI is InChI=1S/C35H26N4O5/c1-2-23-13-15-28(16-14-23)38-34(41)30(33(40)36-35(38)42)21-26-22-31(24-9-5-3-6-10-24)37(32(26)25-11-7-4-8-12-25)27-17-19-29(20-18-27)39(43)44/h3-22H,2H2,1H3,(H,36,40,42)/b30-21+. The molecule has 1 aromatic heterocycles. The van der Waals surface area contributed by atoms with Crippen LogP contribution in [0.3, 0.4) is 0 Å². The number of benzene rings is 4. The largest absolute Gasteiger partial charge is 0.335 e. The number of rotatable bonds is 7. The third-order valence-corrected chi connectivity index (χ3v) is 7.47. The van der Waals surface area contributed by atoms with Gasteiger partial charge < -0.3 is 4.57 Å². The zero-order valence-corrected chi connectivity index (χ0v) is 23.6. The van der Waals surface area contributed by atoms with Crippen LogP contribution in [0.2, 0.25) is 0 Å². The van der Waals surface area contributed by atoms with Gasteiger partial charge in [0, 0.05) is 23.4 Å². The molecule has 1 aliphatic heterocycles. The van der Waals surface area contributed by atoms with E-state index in [2.05, 4.69) is 5.32 Å². The van der Waals surface area contributed by atoms with E-state index in [0.717, 1.165) is 33.7 Å². The van der Waals surface area contributed by atoms with Crippen LogP contribution in [0.15, 0.2) is 121 Å². The summed E-state index contributed by atoms with van der Waals surface area (Å²) in [4.78, 5) is 51.7. The van der Waals surface area contributed by atoms with Gasteiger partial charge in [0.2, 0.25) is 0 Å². The Kier molecular flexibility index (Phi) is 7.43. The van der Waals surface area contributed by atoms with Gasteiger partial charge in [-0.1, -0.05) is 79.7 Å². The molecule has 1 saturated heterocycles. The van der Waals surface area contributed by atoms with Crippen LogP contribution >= 0.6 is 0 Å². The molecule has 0 saturated carbocycles. The normalized spacial score (nSPS) is 14.2. The quantitative estimate of drug-likeness (QED) is 0.0965. The highest BCUT2D eigenvalue weighted by molar-refractivity contribution is 6.39. The van der Waals surface area contributed by atoms with Crippen LogP contribution in [-0.2, 0) is 16.0 Å². The average molecular weight is 583 g/mol. The first-order chi connectivity index (χ1) is 21.4. The number of nitrogens with zero attached hydrogens (tertiary/aromatic N) is 3. The van der Waals surface area contributed by atoms with Crippen molar-refractivity contribution in [2.75, 3.05) is 4.90 Å². The first kappa shape index (κ1) is 28.0. The molecule has 44 heavy (non-hydrogen) atoms. The summed E-state index contributed by atoms with van der Waals surface area (Å²) >= 11 is 0. The molecule has 1 N–H and O–H groups in total. The second-order valence-corrected chi connectivity index (χ2v) is 10.2. The monoisotopic (exact) mass is 582 g/mol. The maximum atomic E-state index is 13.8. The Morgan fingerprint density at radius 3 is 1.95 bits per heavy atom. The highest BCUT2D eigenvalue weighted by Gasteiger charge is 2.37. The van der Waals surface area contributed by atoms with Crippen molar-refractivity contribution in [3.63, 3.8) is 0 Å². The van der Waals surface area contributed by atoms with E-state index in [-0.39, 0.29) is 11.3 Å². The van der Waals surface area contributed by atoms with Gasteiger partial charge in [0.05, 0.1) is 22.0 Å². The van der Waals surface area contributed by atoms with Gasteiger partial charge in [0.1, 0.15) is 5.57 Å². The van der Waals surface area contributed by atoms with Gasteiger partial charge in [-0.2, -0.15) is 0 Å². The maximum Gasteiger partial charge on any atom is 0.335 e. The Bertz CT molecular complexity index is 1930. The second kappa shape index (κ2) is 11.7. The van der Waals surface area contributed by atoms with Crippen LogP contribution in [0.4, 0.5) is 16.2 Å². The van der Waals surface area contributed by atoms with Gasteiger partial charge >= 0.3 is 6.03 Å². The molecule has 4 aromatic carbocycles. The van der Waals surface area contributed by atoms with Crippen molar-refractivity contribution in [2.45, 2.75) is 13.3 Å². The van der Waals surface area contributed by atoms with Crippen molar-refractivity contribution < 1.29 is 19.3 Å². The number of carbonyl (C=O) groups is 3. The topological polar surface area (TPSA) is 115 Å². The molecule has 216 valence electrons. The number of hydrogen-bond donors (Lipinski definition) is 1. The molecule has 4 amide bonds. The van der Waals surface area contributed by atoms with Gasteiger partial charge in [0.15, 0.2) is 0 Å². The molecular weight excluding hydrogens is 556 g/mol. The fourth-order valence-corrected chi connectivity index (χ4v) is 5.27. The number of hydrogen-bond acceptors (Lipinski definition) is 5. The molecule has 0 radical (unpaired) electrons. The van der Waals surface area contributed by atoms with Crippen molar-refractivity contribution in [2.24, 2.45) is 0 Å². The predicted molar refractivity (Wildman–Crippen MR) is 168 cm³/mol. The van der Waals surface area contributed by atoms with Crippen LogP contribution in [0.1, 0.15) is 18.1 Å². The van der Waals surface area contributed by atoms with Crippen LogP contribution in [0.5, 0.6) is 0 Å².